The number of allylic oxidation sites excluding steroid dienone is 2. The third kappa shape index (κ3) is 6.31. The predicted molar refractivity (Wildman–Crippen MR) is 116 cm³/mol. The predicted octanol–water partition coefficient (Wildman–Crippen LogP) is 3.21. The number of halogens is 7. The van der Waals surface area contributed by atoms with Crippen molar-refractivity contribution in [3.8, 4) is 5.75 Å². The molecule has 2 aromatic carbocycles. The molecule has 1 aromatic heterocycles. The number of carbonyl (C=O) groups excluding carboxylic acids is 1. The Morgan fingerprint density at radius 3 is 2.38 bits per heavy atom. The van der Waals surface area contributed by atoms with E-state index >= 15 is 0 Å². The summed E-state index contributed by atoms with van der Waals surface area (Å²) in [6.45, 7) is -0.475. The summed E-state index contributed by atoms with van der Waals surface area (Å²) in [7, 11) is 0. The van der Waals surface area contributed by atoms with Crippen LogP contribution in [0.3, 0.4) is 0 Å². The summed E-state index contributed by atoms with van der Waals surface area (Å²) in [6.07, 6.45) is -3.63. The van der Waals surface area contributed by atoms with Gasteiger partial charge in [-0.25, -0.2) is 18.2 Å². The average Bonchev–Trinajstić information content (AvgIpc) is 3.32. The van der Waals surface area contributed by atoms with Gasteiger partial charge in [-0.3, -0.25) is 0 Å². The van der Waals surface area contributed by atoms with Crippen LogP contribution in [0.15, 0.2) is 42.5 Å². The minimum absolute atomic E-state index is 0. The summed E-state index contributed by atoms with van der Waals surface area (Å²) in [5.74, 6) is -6.11. The zero-order valence-electron chi connectivity index (χ0n) is 19.2. The van der Waals surface area contributed by atoms with Crippen LogP contribution in [-0.2, 0) is 12.8 Å². The zero-order valence-corrected chi connectivity index (χ0v) is 21.9. The summed E-state index contributed by atoms with van der Waals surface area (Å²) >= 11 is 6.14. The second kappa shape index (κ2) is 11.5. The second-order valence-corrected chi connectivity index (χ2v) is 8.42. The van der Waals surface area contributed by atoms with E-state index in [9.17, 15) is 36.2 Å². The van der Waals surface area contributed by atoms with Crippen LogP contribution in [0.25, 0.3) is 11.1 Å². The molecule has 0 N–H and O–H groups in total. The Kier molecular flexibility index (Phi) is 9.00. The molecule has 0 bridgehead atoms. The van der Waals surface area contributed by atoms with Crippen LogP contribution < -0.4 is 39.4 Å². The summed E-state index contributed by atoms with van der Waals surface area (Å²) in [6, 6.07) is 7.35. The van der Waals surface area contributed by atoms with Crippen molar-refractivity contribution in [3.05, 3.63) is 93.0 Å². The fourth-order valence-electron chi connectivity index (χ4n) is 3.97. The van der Waals surface area contributed by atoms with E-state index in [0.29, 0.717) is 42.0 Å². The van der Waals surface area contributed by atoms with Crippen molar-refractivity contribution in [3.63, 3.8) is 0 Å². The number of pyridine rings is 1. The Balaban J connectivity index is 0.00000380. The Labute approximate surface area is 234 Å². The first-order valence-corrected chi connectivity index (χ1v) is 10.9. The number of aromatic nitrogens is 1. The van der Waals surface area contributed by atoms with E-state index in [1.165, 1.54) is 18.2 Å². The SMILES string of the molecule is O=C([O-])c1cc(C(F)(F)F)cc(C2=C(c3cc(Cl)ccc3OCc3ccc(F)c(F)c3F)CCC2)n1.[Na+]. The van der Waals surface area contributed by atoms with E-state index < -0.39 is 47.5 Å². The number of rotatable bonds is 6. The second-order valence-electron chi connectivity index (χ2n) is 7.99. The molecule has 0 radical (unpaired) electrons. The van der Waals surface area contributed by atoms with Gasteiger partial charge in [0, 0.05) is 16.1 Å². The molecule has 0 unspecified atom stereocenters. The quantitative estimate of drug-likeness (QED) is 0.269. The van der Waals surface area contributed by atoms with Crippen molar-refractivity contribution in [2.24, 2.45) is 0 Å². The van der Waals surface area contributed by atoms with Gasteiger partial charge in [0.05, 0.1) is 22.9 Å². The topological polar surface area (TPSA) is 62.2 Å². The molecule has 12 heteroatoms. The van der Waals surface area contributed by atoms with E-state index in [4.69, 9.17) is 16.3 Å². The van der Waals surface area contributed by atoms with E-state index in [2.05, 4.69) is 4.98 Å². The Morgan fingerprint density at radius 1 is 1.00 bits per heavy atom. The first-order valence-electron chi connectivity index (χ1n) is 10.5. The fourth-order valence-corrected chi connectivity index (χ4v) is 4.15. The van der Waals surface area contributed by atoms with Gasteiger partial charge in [-0.05, 0) is 72.9 Å². The van der Waals surface area contributed by atoms with Crippen LogP contribution in [0.2, 0.25) is 5.02 Å². The number of ether oxygens (including phenoxy) is 1. The Morgan fingerprint density at radius 2 is 1.70 bits per heavy atom. The van der Waals surface area contributed by atoms with Crippen molar-refractivity contribution in [1.29, 1.82) is 0 Å². The minimum atomic E-state index is -4.82. The third-order valence-electron chi connectivity index (χ3n) is 5.65. The number of benzene rings is 2. The smallest absolute Gasteiger partial charge is 0.543 e. The fraction of sp³-hybridized carbons (Fsp3) is 0.200. The summed E-state index contributed by atoms with van der Waals surface area (Å²) in [5, 5.41) is 11.6. The summed E-state index contributed by atoms with van der Waals surface area (Å²) < 4.78 is 86.8. The number of hydrogen-bond acceptors (Lipinski definition) is 4. The first-order chi connectivity index (χ1) is 17.0. The maximum atomic E-state index is 14.1. The van der Waals surface area contributed by atoms with Gasteiger partial charge in [-0.15, -0.1) is 0 Å². The van der Waals surface area contributed by atoms with Crippen LogP contribution >= 0.6 is 11.6 Å². The number of nitrogens with zero attached hydrogens (tertiary/aromatic N) is 1. The normalized spacial score (nSPS) is 13.5. The third-order valence-corrected chi connectivity index (χ3v) is 5.89. The van der Waals surface area contributed by atoms with Crippen LogP contribution in [0.4, 0.5) is 26.3 Å². The number of hydrogen-bond donors (Lipinski definition) is 0. The van der Waals surface area contributed by atoms with Crippen LogP contribution in [0.5, 0.6) is 5.75 Å². The number of carbonyl (C=O) groups is 1. The molecule has 1 aliphatic carbocycles. The molecule has 4 nitrogen and oxygen atoms in total. The first kappa shape index (κ1) is 29.0. The van der Waals surface area contributed by atoms with Gasteiger partial charge in [-0.2, -0.15) is 13.2 Å². The number of aromatic carboxylic acids is 1. The molecule has 0 atom stereocenters. The van der Waals surface area contributed by atoms with E-state index in [1.54, 1.807) is 0 Å². The van der Waals surface area contributed by atoms with E-state index in [0.717, 1.165) is 18.2 Å². The molecule has 188 valence electrons. The molecule has 0 fully saturated rings. The molecule has 0 spiro atoms. The van der Waals surface area contributed by atoms with Crippen LogP contribution in [-0.4, -0.2) is 11.0 Å². The Bertz CT molecular complexity index is 1390. The van der Waals surface area contributed by atoms with Gasteiger partial charge in [-0.1, -0.05) is 11.6 Å². The molecule has 0 saturated carbocycles. The van der Waals surface area contributed by atoms with Crippen molar-refractivity contribution in [2.45, 2.75) is 32.0 Å². The number of alkyl halides is 3. The van der Waals surface area contributed by atoms with Gasteiger partial charge in [0.15, 0.2) is 17.5 Å². The number of carboxylic acid groups (broad SMARTS) is 1. The maximum absolute atomic E-state index is 14.1. The van der Waals surface area contributed by atoms with Gasteiger partial charge in [0.2, 0.25) is 0 Å². The van der Waals surface area contributed by atoms with Crippen LogP contribution in [0.1, 0.15) is 52.1 Å². The molecular weight excluding hydrogens is 535 g/mol. The molecule has 37 heavy (non-hydrogen) atoms. The summed E-state index contributed by atoms with van der Waals surface area (Å²) in [5.41, 5.74) is -1.27. The maximum Gasteiger partial charge on any atom is 1.00 e. The van der Waals surface area contributed by atoms with Crippen LogP contribution in [0, 0.1) is 17.5 Å². The summed E-state index contributed by atoms with van der Waals surface area (Å²) in [4.78, 5) is 15.2. The average molecular weight is 550 g/mol. The van der Waals surface area contributed by atoms with Gasteiger partial charge >= 0.3 is 35.7 Å². The standard InChI is InChI=1S/C25H16ClF6NO3.Na/c26-14-5-7-21(36-11-12-4-6-18(27)23(29)22(12)28)17(10-14)15-2-1-3-16(15)19-8-13(25(30,31)32)9-20(33-19)24(34)35;/h4-10H,1-3,11H2,(H,34,35);/q;+1/p-1. The molecule has 0 amide bonds. The molecule has 1 heterocycles. The van der Waals surface area contributed by atoms with Gasteiger partial charge in [0.25, 0.3) is 0 Å². The minimum Gasteiger partial charge on any atom is -0.543 e. The molecule has 3 aromatic rings. The molecular formula is C25H15ClF6NNaO3. The number of carboxylic acids is 1. The van der Waals surface area contributed by atoms with Crippen molar-refractivity contribution < 1.29 is 70.5 Å². The monoisotopic (exact) mass is 549 g/mol. The molecule has 0 saturated heterocycles. The van der Waals surface area contributed by atoms with Gasteiger partial charge < -0.3 is 14.6 Å². The van der Waals surface area contributed by atoms with Gasteiger partial charge in [0.1, 0.15) is 12.4 Å². The molecule has 1 aliphatic rings. The Hall–Kier alpha value is -2.53. The molecule has 0 aliphatic heterocycles. The van der Waals surface area contributed by atoms with Crippen molar-refractivity contribution >= 4 is 28.7 Å². The van der Waals surface area contributed by atoms with Crippen molar-refractivity contribution in [1.82, 2.24) is 4.98 Å². The largest absolute Gasteiger partial charge is 1.00 e. The van der Waals surface area contributed by atoms with E-state index in [1.807, 2.05) is 0 Å². The molecule has 4 rings (SSSR count). The van der Waals surface area contributed by atoms with E-state index in [-0.39, 0.29) is 51.6 Å². The van der Waals surface area contributed by atoms with Crippen molar-refractivity contribution in [2.75, 3.05) is 0 Å². The zero-order chi connectivity index (χ0) is 26.2.